The topological polar surface area (TPSA) is 66.4 Å². The molecule has 0 bridgehead atoms. The summed E-state index contributed by atoms with van der Waals surface area (Å²) in [6.07, 6.45) is 0.358. The first-order valence-electron chi connectivity index (χ1n) is 5.29. The van der Waals surface area contributed by atoms with E-state index in [9.17, 15) is 9.59 Å². The Morgan fingerprint density at radius 2 is 2.06 bits per heavy atom. The van der Waals surface area contributed by atoms with Crippen LogP contribution in [0.3, 0.4) is 0 Å². The van der Waals surface area contributed by atoms with E-state index >= 15 is 0 Å². The molecule has 18 heavy (non-hydrogen) atoms. The van der Waals surface area contributed by atoms with E-state index < -0.39 is 17.9 Å². The summed E-state index contributed by atoms with van der Waals surface area (Å²) in [5, 5.41) is 11.5. The Morgan fingerprint density at radius 3 is 2.44 bits per heavy atom. The third-order valence-electron chi connectivity index (χ3n) is 2.21. The van der Waals surface area contributed by atoms with Crippen molar-refractivity contribution in [2.75, 3.05) is 0 Å². The lowest BCUT2D eigenvalue weighted by Crippen LogP contribution is -2.41. The van der Waals surface area contributed by atoms with Crippen molar-refractivity contribution in [1.29, 1.82) is 0 Å². The first-order valence-corrected chi connectivity index (χ1v) is 6.87. The Balaban J connectivity index is 2.78. The summed E-state index contributed by atoms with van der Waals surface area (Å²) >= 11 is 12.6. The molecule has 1 heterocycles. The molecule has 1 amide bonds. The van der Waals surface area contributed by atoms with E-state index in [-0.39, 0.29) is 15.8 Å². The van der Waals surface area contributed by atoms with Crippen molar-refractivity contribution in [2.45, 2.75) is 26.3 Å². The highest BCUT2D eigenvalue weighted by molar-refractivity contribution is 7.20. The number of nitrogens with one attached hydrogen (secondary N) is 1. The third kappa shape index (κ3) is 4.15. The Hall–Kier alpha value is -0.780. The number of carbonyl (C=O) groups is 2. The number of aliphatic carboxylic acids is 1. The van der Waals surface area contributed by atoms with Crippen LogP contribution in [0.2, 0.25) is 8.67 Å². The second-order valence-corrected chi connectivity index (χ2v) is 6.52. The maximum Gasteiger partial charge on any atom is 0.326 e. The summed E-state index contributed by atoms with van der Waals surface area (Å²) < 4.78 is 0.645. The molecule has 7 heteroatoms. The fraction of sp³-hybridized carbons (Fsp3) is 0.455. The third-order valence-corrected chi connectivity index (χ3v) is 3.70. The van der Waals surface area contributed by atoms with E-state index in [4.69, 9.17) is 28.3 Å². The van der Waals surface area contributed by atoms with Crippen LogP contribution in [-0.2, 0) is 4.79 Å². The molecule has 0 aromatic carbocycles. The predicted molar refractivity (Wildman–Crippen MR) is 72.7 cm³/mol. The molecular formula is C11H13Cl2NO3S. The Morgan fingerprint density at radius 1 is 1.44 bits per heavy atom. The van der Waals surface area contributed by atoms with Gasteiger partial charge in [-0.15, -0.1) is 11.3 Å². The number of thiophene rings is 1. The number of halogens is 2. The highest BCUT2D eigenvalue weighted by Crippen LogP contribution is 2.31. The van der Waals surface area contributed by atoms with Crippen LogP contribution >= 0.6 is 34.5 Å². The van der Waals surface area contributed by atoms with Crippen LogP contribution in [0.5, 0.6) is 0 Å². The van der Waals surface area contributed by atoms with E-state index in [0.717, 1.165) is 11.3 Å². The number of carbonyl (C=O) groups excluding carboxylic acids is 1. The molecule has 0 unspecified atom stereocenters. The van der Waals surface area contributed by atoms with Gasteiger partial charge in [-0.25, -0.2) is 4.79 Å². The molecule has 0 spiro atoms. The number of amides is 1. The van der Waals surface area contributed by atoms with Gasteiger partial charge in [0, 0.05) is 0 Å². The smallest absolute Gasteiger partial charge is 0.326 e. The zero-order chi connectivity index (χ0) is 13.9. The van der Waals surface area contributed by atoms with Gasteiger partial charge in [0.1, 0.15) is 10.4 Å². The van der Waals surface area contributed by atoms with Crippen molar-refractivity contribution in [2.24, 2.45) is 5.92 Å². The van der Waals surface area contributed by atoms with Crippen LogP contribution in [-0.4, -0.2) is 23.0 Å². The monoisotopic (exact) mass is 309 g/mol. The van der Waals surface area contributed by atoms with E-state index in [2.05, 4.69) is 5.32 Å². The second-order valence-electron chi connectivity index (χ2n) is 4.23. The molecule has 0 radical (unpaired) electrons. The SMILES string of the molecule is CC(C)C[C@@H](NC(=O)c1cc(Cl)sc1Cl)C(=O)O. The average molecular weight is 310 g/mol. The summed E-state index contributed by atoms with van der Waals surface area (Å²) in [6.45, 7) is 3.77. The van der Waals surface area contributed by atoms with E-state index in [1.165, 1.54) is 6.07 Å². The van der Waals surface area contributed by atoms with E-state index in [1.807, 2.05) is 13.8 Å². The van der Waals surface area contributed by atoms with Gasteiger partial charge in [0.25, 0.3) is 5.91 Å². The number of rotatable bonds is 5. The molecule has 1 aromatic rings. The van der Waals surface area contributed by atoms with Gasteiger partial charge in [-0.1, -0.05) is 37.0 Å². The molecule has 1 atom stereocenters. The lowest BCUT2D eigenvalue weighted by Gasteiger charge is -2.16. The Kier molecular flexibility index (Phi) is 5.44. The van der Waals surface area contributed by atoms with Crippen LogP contribution in [0.1, 0.15) is 30.6 Å². The number of hydrogen-bond donors (Lipinski definition) is 2. The van der Waals surface area contributed by atoms with Gasteiger partial charge in [-0.3, -0.25) is 4.79 Å². The van der Waals surface area contributed by atoms with Gasteiger partial charge >= 0.3 is 5.97 Å². The minimum Gasteiger partial charge on any atom is -0.480 e. The van der Waals surface area contributed by atoms with Crippen molar-refractivity contribution in [1.82, 2.24) is 5.32 Å². The van der Waals surface area contributed by atoms with Gasteiger partial charge in [0.2, 0.25) is 0 Å². The summed E-state index contributed by atoms with van der Waals surface area (Å²) in [7, 11) is 0. The second kappa shape index (κ2) is 6.41. The minimum atomic E-state index is -1.06. The van der Waals surface area contributed by atoms with Crippen molar-refractivity contribution < 1.29 is 14.7 Å². The number of carboxylic acid groups (broad SMARTS) is 1. The fourth-order valence-corrected chi connectivity index (χ4v) is 2.88. The molecule has 0 aliphatic heterocycles. The first-order chi connectivity index (χ1) is 8.31. The molecule has 100 valence electrons. The molecule has 1 rings (SSSR count). The summed E-state index contributed by atoms with van der Waals surface area (Å²) in [5.74, 6) is -1.42. The zero-order valence-corrected chi connectivity index (χ0v) is 12.2. The van der Waals surface area contributed by atoms with E-state index in [1.54, 1.807) is 0 Å². The van der Waals surface area contributed by atoms with Crippen LogP contribution in [0.25, 0.3) is 0 Å². The molecule has 0 aliphatic rings. The van der Waals surface area contributed by atoms with Crippen LogP contribution in [0.15, 0.2) is 6.07 Å². The summed E-state index contributed by atoms with van der Waals surface area (Å²) in [6, 6.07) is 0.505. The Labute approximate surface area is 119 Å². The highest BCUT2D eigenvalue weighted by atomic mass is 35.5. The lowest BCUT2D eigenvalue weighted by atomic mass is 10.0. The summed E-state index contributed by atoms with van der Waals surface area (Å²) in [4.78, 5) is 22.9. The van der Waals surface area contributed by atoms with Crippen LogP contribution < -0.4 is 5.32 Å². The van der Waals surface area contributed by atoms with Gasteiger partial charge in [-0.2, -0.15) is 0 Å². The van der Waals surface area contributed by atoms with Gasteiger partial charge in [0.05, 0.1) is 9.90 Å². The van der Waals surface area contributed by atoms with Crippen molar-refractivity contribution in [3.63, 3.8) is 0 Å². The summed E-state index contributed by atoms with van der Waals surface area (Å²) in [5.41, 5.74) is 0.210. The minimum absolute atomic E-state index is 0.160. The van der Waals surface area contributed by atoms with Crippen molar-refractivity contribution in [3.8, 4) is 0 Å². The van der Waals surface area contributed by atoms with Crippen molar-refractivity contribution in [3.05, 3.63) is 20.3 Å². The van der Waals surface area contributed by atoms with Crippen LogP contribution in [0, 0.1) is 5.92 Å². The normalized spacial score (nSPS) is 12.5. The molecule has 0 saturated heterocycles. The lowest BCUT2D eigenvalue weighted by molar-refractivity contribution is -0.139. The molecule has 4 nitrogen and oxygen atoms in total. The molecular weight excluding hydrogens is 297 g/mol. The number of carboxylic acids is 1. The number of hydrogen-bond acceptors (Lipinski definition) is 3. The zero-order valence-electron chi connectivity index (χ0n) is 9.87. The standard InChI is InChI=1S/C11H13Cl2NO3S/c1-5(2)3-7(11(16)17)14-10(15)6-4-8(12)18-9(6)13/h4-5,7H,3H2,1-2H3,(H,14,15)(H,16,17)/t7-/m1/s1. The van der Waals surface area contributed by atoms with Gasteiger partial charge < -0.3 is 10.4 Å². The van der Waals surface area contributed by atoms with Gasteiger partial charge in [0.15, 0.2) is 0 Å². The maximum atomic E-state index is 11.9. The van der Waals surface area contributed by atoms with E-state index in [0.29, 0.717) is 10.8 Å². The fourth-order valence-electron chi connectivity index (χ4n) is 1.42. The van der Waals surface area contributed by atoms with Gasteiger partial charge in [-0.05, 0) is 18.4 Å². The predicted octanol–water partition coefficient (Wildman–Crippen LogP) is 3.28. The van der Waals surface area contributed by atoms with Crippen molar-refractivity contribution >= 4 is 46.4 Å². The molecule has 0 aliphatic carbocycles. The van der Waals surface area contributed by atoms with Crippen LogP contribution in [0.4, 0.5) is 0 Å². The Bertz CT molecular complexity index is 459. The molecule has 2 N–H and O–H groups in total. The maximum absolute atomic E-state index is 11.9. The average Bonchev–Trinajstić information content (AvgIpc) is 2.56. The largest absolute Gasteiger partial charge is 0.480 e. The quantitative estimate of drug-likeness (QED) is 0.877. The first kappa shape index (κ1) is 15.3. The molecule has 1 aromatic heterocycles. The molecule has 0 fully saturated rings. The highest BCUT2D eigenvalue weighted by Gasteiger charge is 2.23. The molecule has 0 saturated carbocycles.